The third-order valence-corrected chi connectivity index (χ3v) is 3.08. The minimum absolute atomic E-state index is 0.00742. The van der Waals surface area contributed by atoms with Crippen molar-refractivity contribution in [2.75, 3.05) is 13.7 Å². The molecule has 2 rings (SSSR count). The number of carbonyl (C=O) groups is 1. The third kappa shape index (κ3) is 3.81. The number of hydrogen-bond acceptors (Lipinski definition) is 7. The fourth-order valence-electron chi connectivity index (χ4n) is 1.89. The molecule has 23 heavy (non-hydrogen) atoms. The van der Waals surface area contributed by atoms with E-state index in [1.807, 2.05) is 6.07 Å². The molecule has 124 valence electrons. The number of amides is 1. The van der Waals surface area contributed by atoms with Crippen LogP contribution in [0.4, 0.5) is 4.79 Å². The summed E-state index contributed by atoms with van der Waals surface area (Å²) in [4.78, 5) is 17.0. The van der Waals surface area contributed by atoms with Gasteiger partial charge in [-0.1, -0.05) is 30.3 Å². The van der Waals surface area contributed by atoms with Gasteiger partial charge in [-0.3, -0.25) is 4.84 Å². The number of aliphatic hydroxyl groups is 3. The van der Waals surface area contributed by atoms with E-state index in [0.29, 0.717) is 5.06 Å². The molecule has 1 aromatic rings. The first-order valence-corrected chi connectivity index (χ1v) is 6.71. The monoisotopic (exact) mass is 323 g/mol. The maximum absolute atomic E-state index is 12.1. The van der Waals surface area contributed by atoms with Crippen molar-refractivity contribution >= 4 is 6.09 Å². The maximum atomic E-state index is 12.1. The van der Waals surface area contributed by atoms with Crippen molar-refractivity contribution in [1.82, 2.24) is 5.06 Å². The molecule has 0 saturated heterocycles. The largest absolute Gasteiger partial charge is 0.506 e. The summed E-state index contributed by atoms with van der Waals surface area (Å²) in [6.45, 7) is -0.592. The van der Waals surface area contributed by atoms with Gasteiger partial charge in [0.1, 0.15) is 25.2 Å². The molecule has 8 nitrogen and oxygen atoms in total. The molecule has 0 fully saturated rings. The number of nitrogens with zero attached hydrogens (tertiary/aromatic N) is 1. The molecule has 0 spiro atoms. The predicted octanol–water partition coefficient (Wildman–Crippen LogP) is 1.18. The van der Waals surface area contributed by atoms with E-state index < -0.39 is 24.6 Å². The third-order valence-electron chi connectivity index (χ3n) is 3.08. The summed E-state index contributed by atoms with van der Waals surface area (Å²) >= 11 is 0. The van der Waals surface area contributed by atoms with Crippen molar-refractivity contribution in [3.63, 3.8) is 0 Å². The second-order valence-corrected chi connectivity index (χ2v) is 4.55. The van der Waals surface area contributed by atoms with Crippen LogP contribution in [-0.4, -0.2) is 46.3 Å². The smallest absolute Gasteiger partial charge is 0.439 e. The van der Waals surface area contributed by atoms with Crippen LogP contribution in [-0.2, 0) is 20.9 Å². The lowest BCUT2D eigenvalue weighted by atomic mass is 10.2. The number of aliphatic hydroxyl groups excluding tert-OH is 3. The Hall–Kier alpha value is -2.55. The highest BCUT2D eigenvalue weighted by molar-refractivity contribution is 5.69. The van der Waals surface area contributed by atoms with Gasteiger partial charge in [-0.2, -0.15) is 5.06 Å². The molecule has 1 aliphatic heterocycles. The van der Waals surface area contributed by atoms with Crippen molar-refractivity contribution in [3.05, 3.63) is 59.4 Å². The number of ether oxygens (including phenoxy) is 2. The Kier molecular flexibility index (Phi) is 5.58. The molecule has 1 unspecified atom stereocenters. The Morgan fingerprint density at radius 2 is 2.04 bits per heavy atom. The zero-order chi connectivity index (χ0) is 16.8. The van der Waals surface area contributed by atoms with E-state index in [2.05, 4.69) is 0 Å². The second-order valence-electron chi connectivity index (χ2n) is 4.55. The van der Waals surface area contributed by atoms with Crippen molar-refractivity contribution in [2.24, 2.45) is 0 Å². The molecule has 0 bridgehead atoms. The number of hydroxylamine groups is 2. The van der Waals surface area contributed by atoms with E-state index in [0.717, 1.165) is 11.8 Å². The Morgan fingerprint density at radius 3 is 2.65 bits per heavy atom. The molecule has 3 N–H and O–H groups in total. The Balaban J connectivity index is 2.05. The highest BCUT2D eigenvalue weighted by Gasteiger charge is 2.33. The number of carbonyl (C=O) groups excluding carboxylic acids is 1. The van der Waals surface area contributed by atoms with Crippen molar-refractivity contribution < 1.29 is 34.4 Å². The Labute approximate surface area is 132 Å². The summed E-state index contributed by atoms with van der Waals surface area (Å²) in [6.07, 6.45) is -1.50. The van der Waals surface area contributed by atoms with Crippen LogP contribution >= 0.6 is 0 Å². The highest BCUT2D eigenvalue weighted by atomic mass is 16.7. The van der Waals surface area contributed by atoms with Gasteiger partial charge in [0.05, 0.1) is 7.11 Å². The van der Waals surface area contributed by atoms with Gasteiger partial charge in [-0.15, -0.1) is 0 Å². The minimum Gasteiger partial charge on any atom is -0.506 e. The lowest BCUT2D eigenvalue weighted by molar-refractivity contribution is -0.102. The molecule has 8 heteroatoms. The van der Waals surface area contributed by atoms with Crippen LogP contribution in [0.5, 0.6) is 0 Å². The van der Waals surface area contributed by atoms with Crippen LogP contribution < -0.4 is 0 Å². The topological polar surface area (TPSA) is 109 Å². The normalized spacial score (nSPS) is 17.3. The van der Waals surface area contributed by atoms with Gasteiger partial charge in [0.2, 0.25) is 0 Å². The van der Waals surface area contributed by atoms with Crippen LogP contribution in [0, 0.1) is 0 Å². The average Bonchev–Trinajstić information content (AvgIpc) is 2.58. The van der Waals surface area contributed by atoms with E-state index in [9.17, 15) is 15.0 Å². The van der Waals surface area contributed by atoms with E-state index in [1.54, 1.807) is 24.3 Å². The van der Waals surface area contributed by atoms with Gasteiger partial charge >= 0.3 is 6.09 Å². The van der Waals surface area contributed by atoms with Gasteiger partial charge in [-0.05, 0) is 5.56 Å². The number of hydrogen-bond donors (Lipinski definition) is 3. The van der Waals surface area contributed by atoms with E-state index in [-0.39, 0.29) is 18.1 Å². The summed E-state index contributed by atoms with van der Waals surface area (Å²) in [5.74, 6) is -0.821. The second kappa shape index (κ2) is 7.63. The molecule has 0 radical (unpaired) electrons. The zero-order valence-corrected chi connectivity index (χ0v) is 12.4. The standard InChI is InChI=1S/C15H17NO7/c1-21-16(11-9-22-12(7-17)14(19)13(11)18)15(20)23-8-10-5-3-2-4-6-10/h2-6,9,13,17-19H,7-8H2,1H3. The first-order chi connectivity index (χ1) is 11.1. The van der Waals surface area contributed by atoms with Crippen molar-refractivity contribution in [2.45, 2.75) is 12.7 Å². The average molecular weight is 323 g/mol. The van der Waals surface area contributed by atoms with Gasteiger partial charge in [0.25, 0.3) is 0 Å². The maximum Gasteiger partial charge on any atom is 0.439 e. The van der Waals surface area contributed by atoms with E-state index in [4.69, 9.17) is 19.4 Å². The van der Waals surface area contributed by atoms with Crippen molar-refractivity contribution in [3.8, 4) is 0 Å². The van der Waals surface area contributed by atoms with Gasteiger partial charge in [-0.25, -0.2) is 4.79 Å². The first-order valence-electron chi connectivity index (χ1n) is 6.71. The van der Waals surface area contributed by atoms with E-state index in [1.165, 1.54) is 7.11 Å². The molecular weight excluding hydrogens is 306 g/mol. The molecule has 1 amide bonds. The van der Waals surface area contributed by atoms with Crippen LogP contribution in [0.3, 0.4) is 0 Å². The van der Waals surface area contributed by atoms with Crippen molar-refractivity contribution in [1.29, 1.82) is 0 Å². The zero-order valence-electron chi connectivity index (χ0n) is 12.4. The Bertz CT molecular complexity index is 612. The summed E-state index contributed by atoms with van der Waals surface area (Å²) in [5.41, 5.74) is 0.594. The lowest BCUT2D eigenvalue weighted by Crippen LogP contribution is -2.37. The highest BCUT2D eigenvalue weighted by Crippen LogP contribution is 2.24. The minimum atomic E-state index is -1.59. The predicted molar refractivity (Wildman–Crippen MR) is 77.4 cm³/mol. The SMILES string of the molecule is CON(C(=O)OCc1ccccc1)C1=COC(CO)=C(O)C1O. The Morgan fingerprint density at radius 1 is 1.35 bits per heavy atom. The molecule has 1 heterocycles. The van der Waals surface area contributed by atoms with Crippen LogP contribution in [0.2, 0.25) is 0 Å². The van der Waals surface area contributed by atoms with Crippen LogP contribution in [0.15, 0.2) is 53.8 Å². The summed E-state index contributed by atoms with van der Waals surface area (Å²) in [7, 11) is 1.19. The molecule has 0 aromatic heterocycles. The summed E-state index contributed by atoms with van der Waals surface area (Å²) in [6, 6.07) is 9.01. The van der Waals surface area contributed by atoms with Gasteiger partial charge < -0.3 is 24.8 Å². The molecule has 1 aromatic carbocycles. The fraction of sp³-hybridized carbons (Fsp3) is 0.267. The molecule has 0 aliphatic carbocycles. The molecule has 1 atom stereocenters. The first kappa shape index (κ1) is 16.8. The number of benzene rings is 1. The fourth-order valence-corrected chi connectivity index (χ4v) is 1.89. The summed E-state index contributed by atoms with van der Waals surface area (Å²) < 4.78 is 10.0. The van der Waals surface area contributed by atoms with Crippen LogP contribution in [0.25, 0.3) is 0 Å². The van der Waals surface area contributed by atoms with E-state index >= 15 is 0 Å². The molecule has 0 saturated carbocycles. The number of rotatable bonds is 5. The molecule has 1 aliphatic rings. The van der Waals surface area contributed by atoms with Gasteiger partial charge in [0.15, 0.2) is 17.6 Å². The molecular formula is C15H17NO7. The van der Waals surface area contributed by atoms with Gasteiger partial charge in [0, 0.05) is 0 Å². The lowest BCUT2D eigenvalue weighted by Gasteiger charge is -2.27. The summed E-state index contributed by atoms with van der Waals surface area (Å²) in [5, 5.41) is 29.3. The van der Waals surface area contributed by atoms with Crippen LogP contribution in [0.1, 0.15) is 5.56 Å². The quantitative estimate of drug-likeness (QED) is 0.698.